The lowest BCUT2D eigenvalue weighted by atomic mass is 10.2. The molecule has 0 heterocycles. The lowest BCUT2D eigenvalue weighted by Gasteiger charge is -2.07. The highest BCUT2D eigenvalue weighted by Gasteiger charge is 2.02. The van der Waals surface area contributed by atoms with Crippen LogP contribution in [0.5, 0.6) is 0 Å². The first-order valence-electron chi connectivity index (χ1n) is 5.03. The second kappa shape index (κ2) is 6.33. The molecule has 0 aliphatic carbocycles. The molecule has 0 aliphatic heterocycles. The third kappa shape index (κ3) is 4.06. The van der Waals surface area contributed by atoms with Gasteiger partial charge in [-0.2, -0.15) is 0 Å². The number of amides is 1. The van der Waals surface area contributed by atoms with Crippen molar-refractivity contribution in [3.8, 4) is 0 Å². The normalized spacial score (nSPS) is 9.94. The third-order valence-corrected chi connectivity index (χ3v) is 2.34. The standard InChI is InChI=1S/C11H14ClFN2O/c1-14-11(16)3-2-6-15-10-7-8(12)4-5-9(10)13/h4-5,7,15H,2-3,6H2,1H3,(H,14,16). The average molecular weight is 245 g/mol. The molecule has 1 amide bonds. The van der Waals surface area contributed by atoms with E-state index in [1.54, 1.807) is 7.05 Å². The van der Waals surface area contributed by atoms with E-state index in [4.69, 9.17) is 11.6 Å². The van der Waals surface area contributed by atoms with E-state index in [9.17, 15) is 9.18 Å². The number of anilines is 1. The Morgan fingerprint density at radius 2 is 2.25 bits per heavy atom. The van der Waals surface area contributed by atoms with Crippen molar-refractivity contribution < 1.29 is 9.18 Å². The Morgan fingerprint density at radius 3 is 2.94 bits per heavy atom. The monoisotopic (exact) mass is 244 g/mol. The lowest BCUT2D eigenvalue weighted by molar-refractivity contribution is -0.120. The van der Waals surface area contributed by atoms with E-state index >= 15 is 0 Å². The molecule has 2 N–H and O–H groups in total. The van der Waals surface area contributed by atoms with Crippen LogP contribution in [0.4, 0.5) is 10.1 Å². The van der Waals surface area contributed by atoms with Crippen LogP contribution in [0.2, 0.25) is 5.02 Å². The van der Waals surface area contributed by atoms with Crippen LogP contribution in [0.15, 0.2) is 18.2 Å². The maximum atomic E-state index is 13.2. The minimum absolute atomic E-state index is 0.0200. The van der Waals surface area contributed by atoms with Gasteiger partial charge in [0.15, 0.2) is 0 Å². The summed E-state index contributed by atoms with van der Waals surface area (Å²) in [6, 6.07) is 4.33. The first kappa shape index (κ1) is 12.8. The van der Waals surface area contributed by atoms with Gasteiger partial charge in [-0.3, -0.25) is 4.79 Å². The Labute approximate surface area is 99.0 Å². The van der Waals surface area contributed by atoms with E-state index < -0.39 is 0 Å². The molecule has 0 aliphatic rings. The fourth-order valence-electron chi connectivity index (χ4n) is 1.23. The summed E-state index contributed by atoms with van der Waals surface area (Å²) in [4.78, 5) is 10.9. The summed E-state index contributed by atoms with van der Waals surface area (Å²) in [6.07, 6.45) is 1.07. The Hall–Kier alpha value is -1.29. The summed E-state index contributed by atoms with van der Waals surface area (Å²) >= 11 is 5.73. The molecule has 0 saturated heterocycles. The molecule has 1 rings (SSSR count). The molecule has 1 aromatic carbocycles. The van der Waals surface area contributed by atoms with Gasteiger partial charge in [0.1, 0.15) is 5.82 Å². The molecule has 0 atom stereocenters. The lowest BCUT2D eigenvalue weighted by Crippen LogP contribution is -2.18. The highest BCUT2D eigenvalue weighted by Crippen LogP contribution is 2.19. The second-order valence-corrected chi connectivity index (χ2v) is 3.76. The molecule has 88 valence electrons. The molecule has 1 aromatic rings. The van der Waals surface area contributed by atoms with Crippen molar-refractivity contribution in [3.05, 3.63) is 29.0 Å². The predicted octanol–water partition coefficient (Wildman–Crippen LogP) is 2.42. The summed E-state index contributed by atoms with van der Waals surface area (Å²) in [5.74, 6) is -0.363. The maximum Gasteiger partial charge on any atom is 0.219 e. The molecule has 5 heteroatoms. The summed E-state index contributed by atoms with van der Waals surface area (Å²) in [5, 5.41) is 5.90. The highest BCUT2D eigenvalue weighted by molar-refractivity contribution is 6.30. The first-order valence-corrected chi connectivity index (χ1v) is 5.41. The Balaban J connectivity index is 2.37. The van der Waals surface area contributed by atoms with Gasteiger partial charge in [-0.1, -0.05) is 11.6 Å². The van der Waals surface area contributed by atoms with Crippen LogP contribution in [-0.4, -0.2) is 19.5 Å². The molecule has 0 fully saturated rings. The summed E-state index contributed by atoms with van der Waals surface area (Å²) in [5.41, 5.74) is 0.365. The molecular formula is C11H14ClFN2O. The Kier molecular flexibility index (Phi) is 5.05. The summed E-state index contributed by atoms with van der Waals surface area (Å²) < 4.78 is 13.2. The van der Waals surface area contributed by atoms with Gasteiger partial charge in [0.25, 0.3) is 0 Å². The van der Waals surface area contributed by atoms with Crippen molar-refractivity contribution in [1.82, 2.24) is 5.32 Å². The van der Waals surface area contributed by atoms with Gasteiger partial charge in [0, 0.05) is 25.0 Å². The van der Waals surface area contributed by atoms with Crippen LogP contribution in [-0.2, 0) is 4.79 Å². The Bertz CT molecular complexity index is 371. The van der Waals surface area contributed by atoms with E-state index in [1.807, 2.05) is 0 Å². The zero-order chi connectivity index (χ0) is 12.0. The van der Waals surface area contributed by atoms with Crippen LogP contribution in [0, 0.1) is 5.82 Å². The SMILES string of the molecule is CNC(=O)CCCNc1cc(Cl)ccc1F. The third-order valence-electron chi connectivity index (χ3n) is 2.10. The van der Waals surface area contributed by atoms with Crippen molar-refractivity contribution in [2.24, 2.45) is 0 Å². The molecule has 0 unspecified atom stereocenters. The van der Waals surface area contributed by atoms with Gasteiger partial charge in [0.2, 0.25) is 5.91 Å². The molecule has 0 saturated carbocycles. The highest BCUT2D eigenvalue weighted by atomic mass is 35.5. The molecule has 0 spiro atoms. The summed E-state index contributed by atoms with van der Waals surface area (Å²) in [6.45, 7) is 0.532. The number of carbonyl (C=O) groups is 1. The van der Waals surface area contributed by atoms with Gasteiger partial charge < -0.3 is 10.6 Å². The smallest absolute Gasteiger partial charge is 0.219 e. The van der Waals surface area contributed by atoms with Gasteiger partial charge in [-0.25, -0.2) is 4.39 Å². The largest absolute Gasteiger partial charge is 0.383 e. The first-order chi connectivity index (χ1) is 7.63. The minimum Gasteiger partial charge on any atom is -0.383 e. The van der Waals surface area contributed by atoms with Crippen molar-refractivity contribution >= 4 is 23.2 Å². The van der Waals surface area contributed by atoms with Crippen LogP contribution < -0.4 is 10.6 Å². The van der Waals surface area contributed by atoms with Crippen molar-refractivity contribution in [2.45, 2.75) is 12.8 Å². The fraction of sp³-hybridized carbons (Fsp3) is 0.364. The van der Waals surface area contributed by atoms with E-state index in [0.717, 1.165) is 0 Å². The quantitative estimate of drug-likeness (QED) is 0.781. The van der Waals surface area contributed by atoms with Gasteiger partial charge >= 0.3 is 0 Å². The molecule has 16 heavy (non-hydrogen) atoms. The molecule has 3 nitrogen and oxygen atoms in total. The van der Waals surface area contributed by atoms with Gasteiger partial charge in [-0.15, -0.1) is 0 Å². The van der Waals surface area contributed by atoms with Gasteiger partial charge in [-0.05, 0) is 24.6 Å². The number of halogens is 2. The number of hydrogen-bond acceptors (Lipinski definition) is 2. The number of rotatable bonds is 5. The van der Waals surface area contributed by atoms with Crippen molar-refractivity contribution in [2.75, 3.05) is 18.9 Å². The zero-order valence-corrected chi connectivity index (χ0v) is 9.77. The number of nitrogens with one attached hydrogen (secondary N) is 2. The number of hydrogen-bond donors (Lipinski definition) is 2. The molecular weight excluding hydrogens is 231 g/mol. The molecule has 0 bridgehead atoms. The minimum atomic E-state index is -0.343. The number of benzene rings is 1. The summed E-state index contributed by atoms with van der Waals surface area (Å²) in [7, 11) is 1.59. The predicted molar refractivity (Wildman–Crippen MR) is 63.2 cm³/mol. The zero-order valence-electron chi connectivity index (χ0n) is 9.02. The van der Waals surface area contributed by atoms with Crippen LogP contribution in [0.25, 0.3) is 0 Å². The average Bonchev–Trinajstić information content (AvgIpc) is 2.28. The number of carbonyl (C=O) groups excluding carboxylic acids is 1. The molecule has 0 radical (unpaired) electrons. The maximum absolute atomic E-state index is 13.2. The second-order valence-electron chi connectivity index (χ2n) is 3.33. The molecule has 0 aromatic heterocycles. The van der Waals surface area contributed by atoms with E-state index in [2.05, 4.69) is 10.6 Å². The van der Waals surface area contributed by atoms with Crippen LogP contribution in [0.3, 0.4) is 0 Å². The van der Waals surface area contributed by atoms with E-state index in [0.29, 0.717) is 30.1 Å². The Morgan fingerprint density at radius 1 is 1.50 bits per heavy atom. The van der Waals surface area contributed by atoms with Crippen molar-refractivity contribution in [3.63, 3.8) is 0 Å². The van der Waals surface area contributed by atoms with Crippen LogP contribution >= 0.6 is 11.6 Å². The topological polar surface area (TPSA) is 41.1 Å². The van der Waals surface area contributed by atoms with Gasteiger partial charge in [0.05, 0.1) is 5.69 Å². The van der Waals surface area contributed by atoms with Crippen molar-refractivity contribution in [1.29, 1.82) is 0 Å². The van der Waals surface area contributed by atoms with E-state index in [1.165, 1.54) is 18.2 Å². The van der Waals surface area contributed by atoms with Crippen LogP contribution in [0.1, 0.15) is 12.8 Å². The van der Waals surface area contributed by atoms with E-state index in [-0.39, 0.29) is 11.7 Å². The fourth-order valence-corrected chi connectivity index (χ4v) is 1.40.